The van der Waals surface area contributed by atoms with Gasteiger partial charge in [-0.2, -0.15) is 0 Å². The fourth-order valence-electron chi connectivity index (χ4n) is 1.73. The summed E-state index contributed by atoms with van der Waals surface area (Å²) < 4.78 is 2.15. The molecule has 0 amide bonds. The van der Waals surface area contributed by atoms with E-state index >= 15 is 0 Å². The fourth-order valence-corrected chi connectivity index (χ4v) is 1.73. The van der Waals surface area contributed by atoms with Gasteiger partial charge in [0, 0.05) is 25.4 Å². The normalized spacial score (nSPS) is 11.2. The SMILES string of the molecule is CNc1ccn2c(CC(C)C)ncc2c1. The first-order valence-electron chi connectivity index (χ1n) is 5.34. The summed E-state index contributed by atoms with van der Waals surface area (Å²) in [6, 6.07) is 4.18. The lowest BCUT2D eigenvalue weighted by atomic mass is 10.1. The summed E-state index contributed by atoms with van der Waals surface area (Å²) >= 11 is 0. The van der Waals surface area contributed by atoms with Crippen LogP contribution in [0.4, 0.5) is 5.69 Å². The molecule has 0 spiro atoms. The molecule has 2 aromatic heterocycles. The van der Waals surface area contributed by atoms with Crippen molar-refractivity contribution in [3.05, 3.63) is 30.4 Å². The minimum Gasteiger partial charge on any atom is -0.388 e. The minimum atomic E-state index is 0.638. The van der Waals surface area contributed by atoms with Crippen LogP contribution in [0.2, 0.25) is 0 Å². The first-order valence-corrected chi connectivity index (χ1v) is 5.34. The largest absolute Gasteiger partial charge is 0.388 e. The molecule has 15 heavy (non-hydrogen) atoms. The van der Waals surface area contributed by atoms with Gasteiger partial charge in [-0.15, -0.1) is 0 Å². The van der Waals surface area contributed by atoms with Crippen LogP contribution in [0.25, 0.3) is 5.52 Å². The van der Waals surface area contributed by atoms with Gasteiger partial charge in [-0.1, -0.05) is 13.8 Å². The van der Waals surface area contributed by atoms with Gasteiger partial charge in [0.25, 0.3) is 0 Å². The summed E-state index contributed by atoms with van der Waals surface area (Å²) in [5, 5.41) is 3.13. The molecule has 0 radical (unpaired) electrons. The predicted molar refractivity (Wildman–Crippen MR) is 63.3 cm³/mol. The van der Waals surface area contributed by atoms with Gasteiger partial charge in [0.15, 0.2) is 0 Å². The third-order valence-electron chi connectivity index (χ3n) is 2.49. The highest BCUT2D eigenvalue weighted by atomic mass is 15.0. The number of fused-ring (bicyclic) bond motifs is 1. The van der Waals surface area contributed by atoms with Gasteiger partial charge < -0.3 is 9.72 Å². The highest BCUT2D eigenvalue weighted by molar-refractivity contribution is 5.57. The second-order valence-electron chi connectivity index (χ2n) is 4.23. The van der Waals surface area contributed by atoms with E-state index in [1.165, 1.54) is 0 Å². The Balaban J connectivity index is 2.43. The van der Waals surface area contributed by atoms with Crippen LogP contribution in [0.5, 0.6) is 0 Å². The van der Waals surface area contributed by atoms with Crippen molar-refractivity contribution in [2.75, 3.05) is 12.4 Å². The van der Waals surface area contributed by atoms with E-state index in [-0.39, 0.29) is 0 Å². The summed E-state index contributed by atoms with van der Waals surface area (Å²) in [5.74, 6) is 1.78. The van der Waals surface area contributed by atoms with Crippen LogP contribution < -0.4 is 5.32 Å². The lowest BCUT2D eigenvalue weighted by molar-refractivity contribution is 0.619. The standard InChI is InChI=1S/C12H17N3/c1-9(2)6-12-14-8-11-7-10(13-3)4-5-15(11)12/h4-5,7-9,13H,6H2,1-3H3. The number of nitrogens with zero attached hydrogens (tertiary/aromatic N) is 2. The third-order valence-corrected chi connectivity index (χ3v) is 2.49. The number of hydrogen-bond donors (Lipinski definition) is 1. The molecule has 0 aliphatic rings. The summed E-state index contributed by atoms with van der Waals surface area (Å²) in [6.07, 6.45) is 5.03. The number of hydrogen-bond acceptors (Lipinski definition) is 2. The summed E-state index contributed by atoms with van der Waals surface area (Å²) in [4.78, 5) is 4.45. The number of imidazole rings is 1. The minimum absolute atomic E-state index is 0.638. The van der Waals surface area contributed by atoms with E-state index < -0.39 is 0 Å². The quantitative estimate of drug-likeness (QED) is 0.830. The zero-order valence-corrected chi connectivity index (χ0v) is 9.49. The van der Waals surface area contributed by atoms with Gasteiger partial charge in [-0.25, -0.2) is 4.98 Å². The molecule has 2 rings (SSSR count). The molecule has 0 aliphatic carbocycles. The number of nitrogens with one attached hydrogen (secondary N) is 1. The maximum absolute atomic E-state index is 4.45. The molecule has 0 aliphatic heterocycles. The number of anilines is 1. The van der Waals surface area contributed by atoms with E-state index in [0.29, 0.717) is 5.92 Å². The van der Waals surface area contributed by atoms with Crippen LogP contribution in [-0.2, 0) is 6.42 Å². The average Bonchev–Trinajstić information content (AvgIpc) is 2.60. The zero-order valence-electron chi connectivity index (χ0n) is 9.49. The second kappa shape index (κ2) is 3.93. The lowest BCUT2D eigenvalue weighted by Crippen LogP contribution is -2.00. The van der Waals surface area contributed by atoms with E-state index in [2.05, 4.69) is 46.9 Å². The van der Waals surface area contributed by atoms with Crippen LogP contribution >= 0.6 is 0 Å². The molecule has 2 aromatic rings. The Hall–Kier alpha value is -1.51. The van der Waals surface area contributed by atoms with Crippen molar-refractivity contribution in [1.29, 1.82) is 0 Å². The number of pyridine rings is 1. The van der Waals surface area contributed by atoms with Crippen molar-refractivity contribution in [2.24, 2.45) is 5.92 Å². The predicted octanol–water partition coefficient (Wildman–Crippen LogP) is 2.57. The van der Waals surface area contributed by atoms with Crippen LogP contribution in [0, 0.1) is 5.92 Å². The lowest BCUT2D eigenvalue weighted by Gasteiger charge is -2.05. The molecule has 80 valence electrons. The van der Waals surface area contributed by atoms with E-state index in [4.69, 9.17) is 0 Å². The molecule has 0 bridgehead atoms. The molecule has 1 N–H and O–H groups in total. The molecule has 2 heterocycles. The molecule has 0 atom stereocenters. The van der Waals surface area contributed by atoms with Gasteiger partial charge in [-0.05, 0) is 18.1 Å². The van der Waals surface area contributed by atoms with Crippen molar-refractivity contribution in [2.45, 2.75) is 20.3 Å². The van der Waals surface area contributed by atoms with Crippen molar-refractivity contribution in [3.8, 4) is 0 Å². The van der Waals surface area contributed by atoms with Crippen molar-refractivity contribution in [3.63, 3.8) is 0 Å². The van der Waals surface area contributed by atoms with E-state index in [1.807, 2.05) is 13.2 Å². The smallest absolute Gasteiger partial charge is 0.113 e. The Kier molecular flexibility index (Phi) is 2.62. The molecule has 0 saturated carbocycles. The van der Waals surface area contributed by atoms with Crippen LogP contribution in [0.3, 0.4) is 0 Å². The molecule has 0 fully saturated rings. The fraction of sp³-hybridized carbons (Fsp3) is 0.417. The maximum atomic E-state index is 4.45. The van der Waals surface area contributed by atoms with Crippen LogP contribution in [-0.4, -0.2) is 16.4 Å². The molecule has 3 nitrogen and oxygen atoms in total. The van der Waals surface area contributed by atoms with Gasteiger partial charge in [0.05, 0.1) is 11.7 Å². The van der Waals surface area contributed by atoms with Gasteiger partial charge in [-0.3, -0.25) is 0 Å². The zero-order chi connectivity index (χ0) is 10.8. The monoisotopic (exact) mass is 203 g/mol. The Morgan fingerprint density at radius 2 is 2.27 bits per heavy atom. The molecule has 0 unspecified atom stereocenters. The highest BCUT2D eigenvalue weighted by Gasteiger charge is 2.05. The summed E-state index contributed by atoms with van der Waals surface area (Å²) in [6.45, 7) is 4.42. The topological polar surface area (TPSA) is 29.3 Å². The second-order valence-corrected chi connectivity index (χ2v) is 4.23. The summed E-state index contributed by atoms with van der Waals surface area (Å²) in [5.41, 5.74) is 2.27. The third kappa shape index (κ3) is 1.96. The van der Waals surface area contributed by atoms with E-state index in [1.54, 1.807) is 0 Å². The number of rotatable bonds is 3. The highest BCUT2D eigenvalue weighted by Crippen LogP contribution is 2.15. The summed E-state index contributed by atoms with van der Waals surface area (Å²) in [7, 11) is 1.93. The Labute approximate surface area is 90.1 Å². The first kappa shape index (κ1) is 10.0. The average molecular weight is 203 g/mol. The molecular formula is C12H17N3. The molecule has 0 saturated heterocycles. The Morgan fingerprint density at radius 1 is 1.47 bits per heavy atom. The molecule has 3 heteroatoms. The van der Waals surface area contributed by atoms with Gasteiger partial charge >= 0.3 is 0 Å². The van der Waals surface area contributed by atoms with Gasteiger partial charge in [0.2, 0.25) is 0 Å². The van der Waals surface area contributed by atoms with Crippen molar-refractivity contribution < 1.29 is 0 Å². The number of aromatic nitrogens is 2. The van der Waals surface area contributed by atoms with Gasteiger partial charge in [0.1, 0.15) is 5.82 Å². The molecular weight excluding hydrogens is 186 g/mol. The van der Waals surface area contributed by atoms with Crippen LogP contribution in [0.1, 0.15) is 19.7 Å². The maximum Gasteiger partial charge on any atom is 0.113 e. The first-order chi connectivity index (χ1) is 7.20. The molecule has 0 aromatic carbocycles. The van der Waals surface area contributed by atoms with Crippen molar-refractivity contribution >= 4 is 11.2 Å². The van der Waals surface area contributed by atoms with E-state index in [9.17, 15) is 0 Å². The van der Waals surface area contributed by atoms with Crippen LogP contribution in [0.15, 0.2) is 24.5 Å². The van der Waals surface area contributed by atoms with E-state index in [0.717, 1.165) is 23.4 Å². The Morgan fingerprint density at radius 3 is 2.93 bits per heavy atom. The van der Waals surface area contributed by atoms with Crippen molar-refractivity contribution in [1.82, 2.24) is 9.38 Å². The Bertz CT molecular complexity index is 457.